The third-order valence-electron chi connectivity index (χ3n) is 2.76. The highest BCUT2D eigenvalue weighted by molar-refractivity contribution is 7.84. The molecule has 2 rings (SSSR count). The fraction of sp³-hybridized carbons (Fsp3) is 0.385. The quantitative estimate of drug-likeness (QED) is 0.853. The van der Waals surface area contributed by atoms with Crippen LogP contribution in [0.25, 0.3) is 10.9 Å². The van der Waals surface area contributed by atoms with Gasteiger partial charge in [-0.3, -0.25) is 4.21 Å². The molecule has 0 aliphatic carbocycles. The summed E-state index contributed by atoms with van der Waals surface area (Å²) in [5.41, 5.74) is 2.41. The normalized spacial score (nSPS) is 14.9. The molecule has 92 valence electrons. The first kappa shape index (κ1) is 12.3. The van der Waals surface area contributed by atoms with Crippen LogP contribution in [0, 0.1) is 0 Å². The Hall–Kier alpha value is -1.13. The zero-order chi connectivity index (χ0) is 12.3. The van der Waals surface area contributed by atoms with E-state index in [-0.39, 0.29) is 6.04 Å². The number of hydrogen-bond donors (Lipinski definition) is 2. The van der Waals surface area contributed by atoms with Gasteiger partial charge in [-0.15, -0.1) is 0 Å². The minimum absolute atomic E-state index is 0.278. The molecule has 0 amide bonds. The minimum atomic E-state index is -0.738. The van der Waals surface area contributed by atoms with E-state index in [0.29, 0.717) is 5.75 Å². The number of fused-ring (bicyclic) bond motifs is 1. The van der Waals surface area contributed by atoms with Crippen molar-refractivity contribution in [2.45, 2.75) is 19.5 Å². The van der Waals surface area contributed by atoms with E-state index in [1.807, 2.05) is 6.20 Å². The maximum atomic E-state index is 11.1. The predicted molar refractivity (Wildman–Crippen MR) is 73.5 cm³/mol. The lowest BCUT2D eigenvalue weighted by Crippen LogP contribution is -2.30. The summed E-state index contributed by atoms with van der Waals surface area (Å²) in [6, 6.07) is 8.73. The van der Waals surface area contributed by atoms with Crippen LogP contribution in [0.3, 0.4) is 0 Å². The molecular weight excluding hydrogens is 232 g/mol. The van der Waals surface area contributed by atoms with Crippen molar-refractivity contribution in [2.75, 3.05) is 12.0 Å². The Morgan fingerprint density at radius 1 is 1.41 bits per heavy atom. The van der Waals surface area contributed by atoms with E-state index in [4.69, 9.17) is 0 Å². The number of H-pyrrole nitrogens is 1. The third kappa shape index (κ3) is 3.41. The van der Waals surface area contributed by atoms with E-state index in [1.165, 1.54) is 10.9 Å². The maximum absolute atomic E-state index is 11.1. The molecule has 0 aliphatic heterocycles. The summed E-state index contributed by atoms with van der Waals surface area (Å²) in [7, 11) is -0.738. The van der Waals surface area contributed by atoms with Gasteiger partial charge in [0.05, 0.1) is 0 Å². The van der Waals surface area contributed by atoms with Crippen LogP contribution < -0.4 is 5.32 Å². The molecule has 0 saturated heterocycles. The van der Waals surface area contributed by atoms with Gasteiger partial charge in [-0.1, -0.05) is 12.1 Å². The molecule has 0 fully saturated rings. The average molecular weight is 250 g/mol. The lowest BCUT2D eigenvalue weighted by atomic mass is 10.1. The summed E-state index contributed by atoms with van der Waals surface area (Å²) in [5.74, 6) is 0.699. The van der Waals surface area contributed by atoms with Crippen molar-refractivity contribution in [1.82, 2.24) is 10.3 Å². The standard InChI is InChI=1S/C13H18N2OS/c1-10(9-17(2)16)15-8-11-3-4-12-5-6-14-13(12)7-11/h3-7,10,14-15H,8-9H2,1-2H3. The van der Waals surface area contributed by atoms with Crippen molar-refractivity contribution in [3.8, 4) is 0 Å². The van der Waals surface area contributed by atoms with Crippen LogP contribution in [-0.4, -0.2) is 27.2 Å². The van der Waals surface area contributed by atoms with Crippen molar-refractivity contribution >= 4 is 21.7 Å². The van der Waals surface area contributed by atoms with Crippen molar-refractivity contribution < 1.29 is 4.21 Å². The highest BCUT2D eigenvalue weighted by atomic mass is 32.2. The number of hydrogen-bond acceptors (Lipinski definition) is 2. The number of benzene rings is 1. The number of aromatic nitrogens is 1. The van der Waals surface area contributed by atoms with Crippen LogP contribution in [0.15, 0.2) is 30.5 Å². The van der Waals surface area contributed by atoms with E-state index in [1.54, 1.807) is 6.26 Å². The molecule has 0 spiro atoms. The second kappa shape index (κ2) is 5.47. The van der Waals surface area contributed by atoms with E-state index in [9.17, 15) is 4.21 Å². The van der Waals surface area contributed by atoms with Gasteiger partial charge in [-0.25, -0.2) is 0 Å². The van der Waals surface area contributed by atoms with E-state index >= 15 is 0 Å². The van der Waals surface area contributed by atoms with Crippen LogP contribution in [-0.2, 0) is 17.3 Å². The first-order valence-corrected chi connectivity index (χ1v) is 7.47. The molecule has 17 heavy (non-hydrogen) atoms. The van der Waals surface area contributed by atoms with Gasteiger partial charge >= 0.3 is 0 Å². The zero-order valence-electron chi connectivity index (χ0n) is 10.2. The minimum Gasteiger partial charge on any atom is -0.361 e. The summed E-state index contributed by atoms with van der Waals surface area (Å²) in [5, 5.41) is 4.61. The highest BCUT2D eigenvalue weighted by Gasteiger charge is 2.04. The van der Waals surface area contributed by atoms with Crippen molar-refractivity contribution in [2.24, 2.45) is 0 Å². The summed E-state index contributed by atoms with van der Waals surface area (Å²) < 4.78 is 11.1. The van der Waals surface area contributed by atoms with Crippen LogP contribution >= 0.6 is 0 Å². The molecule has 0 radical (unpaired) electrons. The average Bonchev–Trinajstić information content (AvgIpc) is 2.72. The van der Waals surface area contributed by atoms with Crippen LogP contribution in [0.2, 0.25) is 0 Å². The number of nitrogens with one attached hydrogen (secondary N) is 2. The summed E-state index contributed by atoms with van der Waals surface area (Å²) in [6.45, 7) is 2.88. The highest BCUT2D eigenvalue weighted by Crippen LogP contribution is 2.14. The van der Waals surface area contributed by atoms with Crippen LogP contribution in [0.1, 0.15) is 12.5 Å². The SMILES string of the molecule is CC(CS(C)=O)NCc1ccc2cc[nH]c2c1. The maximum Gasteiger partial charge on any atom is 0.0457 e. The molecule has 0 bridgehead atoms. The van der Waals surface area contributed by atoms with Crippen LogP contribution in [0.5, 0.6) is 0 Å². The Labute approximate surface area is 104 Å². The second-order valence-corrected chi connectivity index (χ2v) is 5.90. The number of rotatable bonds is 5. The molecule has 4 heteroatoms. The van der Waals surface area contributed by atoms with E-state index in [2.05, 4.69) is 41.5 Å². The van der Waals surface area contributed by atoms with Gasteiger partial charge in [0.2, 0.25) is 0 Å². The Morgan fingerprint density at radius 3 is 3.00 bits per heavy atom. The predicted octanol–water partition coefficient (Wildman–Crippen LogP) is 2.02. The van der Waals surface area contributed by atoms with Gasteiger partial charge in [-0.2, -0.15) is 0 Å². The Morgan fingerprint density at radius 2 is 2.24 bits per heavy atom. The van der Waals surface area contributed by atoms with Crippen molar-refractivity contribution in [3.05, 3.63) is 36.0 Å². The summed E-state index contributed by atoms with van der Waals surface area (Å²) >= 11 is 0. The van der Waals surface area contributed by atoms with E-state index in [0.717, 1.165) is 12.1 Å². The molecule has 2 N–H and O–H groups in total. The fourth-order valence-corrected chi connectivity index (χ4v) is 2.73. The monoisotopic (exact) mass is 250 g/mol. The van der Waals surface area contributed by atoms with E-state index < -0.39 is 10.8 Å². The Bertz CT molecular complexity index is 521. The van der Waals surface area contributed by atoms with Crippen molar-refractivity contribution in [1.29, 1.82) is 0 Å². The first-order chi connectivity index (χ1) is 8.15. The molecule has 2 atom stereocenters. The number of aromatic amines is 1. The van der Waals surface area contributed by atoms with Crippen molar-refractivity contribution in [3.63, 3.8) is 0 Å². The Kier molecular flexibility index (Phi) is 3.97. The summed E-state index contributed by atoms with van der Waals surface area (Å²) in [6.07, 6.45) is 3.69. The second-order valence-electron chi connectivity index (χ2n) is 4.42. The largest absolute Gasteiger partial charge is 0.361 e. The van der Waals surface area contributed by atoms with Gasteiger partial charge in [0.1, 0.15) is 0 Å². The smallest absolute Gasteiger partial charge is 0.0457 e. The molecule has 2 unspecified atom stereocenters. The molecule has 1 aromatic carbocycles. The fourth-order valence-electron chi connectivity index (χ4n) is 1.91. The zero-order valence-corrected chi connectivity index (χ0v) is 11.0. The lowest BCUT2D eigenvalue weighted by Gasteiger charge is -2.12. The molecule has 2 aromatic rings. The van der Waals surface area contributed by atoms with Gasteiger partial charge in [-0.05, 0) is 30.0 Å². The van der Waals surface area contributed by atoms with Gasteiger partial charge in [0, 0.05) is 47.1 Å². The molecule has 0 aliphatic rings. The molecule has 1 aromatic heterocycles. The lowest BCUT2D eigenvalue weighted by molar-refractivity contribution is 0.587. The molecule has 0 saturated carbocycles. The van der Waals surface area contributed by atoms with Gasteiger partial charge < -0.3 is 10.3 Å². The third-order valence-corrected chi connectivity index (χ3v) is 3.73. The first-order valence-electron chi connectivity index (χ1n) is 5.74. The molecular formula is C13H18N2OS. The van der Waals surface area contributed by atoms with Gasteiger partial charge in [0.15, 0.2) is 0 Å². The summed E-state index contributed by atoms with van der Waals surface area (Å²) in [4.78, 5) is 3.20. The molecule has 1 heterocycles. The van der Waals surface area contributed by atoms with Crippen LogP contribution in [0.4, 0.5) is 0 Å². The Balaban J connectivity index is 1.96. The topological polar surface area (TPSA) is 44.9 Å². The molecule has 3 nitrogen and oxygen atoms in total. The van der Waals surface area contributed by atoms with Gasteiger partial charge in [0.25, 0.3) is 0 Å².